The van der Waals surface area contributed by atoms with Gasteiger partial charge < -0.3 is 9.64 Å². The maximum atomic E-state index is 11.8. The number of aryl methyl sites for hydroxylation is 1. The number of benzene rings is 1. The zero-order chi connectivity index (χ0) is 20.0. The van der Waals surface area contributed by atoms with Crippen LogP contribution in [0.5, 0.6) is 11.6 Å². The normalized spacial score (nSPS) is 11.1. The van der Waals surface area contributed by atoms with Gasteiger partial charge in [0, 0.05) is 13.1 Å². The fourth-order valence-electron chi connectivity index (χ4n) is 2.85. The fraction of sp³-hybridized carbons (Fsp3) is 0.500. The molecule has 0 aliphatic rings. The van der Waals surface area contributed by atoms with Gasteiger partial charge >= 0.3 is 11.6 Å². The van der Waals surface area contributed by atoms with E-state index in [1.807, 2.05) is 17.0 Å². The Kier molecular flexibility index (Phi) is 7.10. The summed E-state index contributed by atoms with van der Waals surface area (Å²) in [5.41, 5.74) is 0.971. The highest BCUT2D eigenvalue weighted by Crippen LogP contribution is 2.36. The summed E-state index contributed by atoms with van der Waals surface area (Å²) in [4.78, 5) is 21.6. The van der Waals surface area contributed by atoms with Gasteiger partial charge in [-0.25, -0.2) is 4.98 Å². The Morgan fingerprint density at radius 3 is 2.15 bits per heavy atom. The Morgan fingerprint density at radius 1 is 1.07 bits per heavy atom. The summed E-state index contributed by atoms with van der Waals surface area (Å²) in [6.45, 7) is 11.7. The highest BCUT2D eigenvalue weighted by molar-refractivity contribution is 5.63. The topological polar surface area (TPSA) is 81.4 Å². The predicted octanol–water partition coefficient (Wildman–Crippen LogP) is 4.86. The molecule has 7 nitrogen and oxygen atoms in total. The van der Waals surface area contributed by atoms with Crippen LogP contribution >= 0.6 is 0 Å². The average molecular weight is 372 g/mol. The van der Waals surface area contributed by atoms with Gasteiger partial charge in [-0.2, -0.15) is 4.98 Å². The Hall–Kier alpha value is -2.70. The van der Waals surface area contributed by atoms with Crippen LogP contribution in [0.3, 0.4) is 0 Å². The molecule has 1 heterocycles. The zero-order valence-corrected chi connectivity index (χ0v) is 16.7. The maximum absolute atomic E-state index is 11.8. The van der Waals surface area contributed by atoms with Crippen molar-refractivity contribution in [1.29, 1.82) is 0 Å². The molecule has 2 rings (SSSR count). The molecule has 1 aromatic carbocycles. The van der Waals surface area contributed by atoms with E-state index in [4.69, 9.17) is 4.74 Å². The number of nitrogens with zero attached hydrogens (tertiary/aromatic N) is 4. The van der Waals surface area contributed by atoms with Gasteiger partial charge in [0.15, 0.2) is 0 Å². The summed E-state index contributed by atoms with van der Waals surface area (Å²) < 4.78 is 5.75. The quantitative estimate of drug-likeness (QED) is 0.462. The van der Waals surface area contributed by atoms with Crippen molar-refractivity contribution in [3.8, 4) is 11.6 Å². The number of rotatable bonds is 9. The van der Waals surface area contributed by atoms with E-state index in [9.17, 15) is 10.1 Å². The Labute approximate surface area is 160 Å². The third kappa shape index (κ3) is 5.64. The highest BCUT2D eigenvalue weighted by Gasteiger charge is 2.29. The number of ether oxygens (including phenoxy) is 1. The van der Waals surface area contributed by atoms with Gasteiger partial charge in [0.1, 0.15) is 12.1 Å². The van der Waals surface area contributed by atoms with Crippen molar-refractivity contribution in [3.63, 3.8) is 0 Å². The number of nitro groups is 1. The van der Waals surface area contributed by atoms with E-state index in [-0.39, 0.29) is 11.6 Å². The van der Waals surface area contributed by atoms with Gasteiger partial charge in [0.05, 0.1) is 4.92 Å². The summed E-state index contributed by atoms with van der Waals surface area (Å²) in [5.74, 6) is 1.46. The van der Waals surface area contributed by atoms with Crippen molar-refractivity contribution < 1.29 is 9.66 Å². The smallest absolute Gasteiger partial charge is 0.373 e. The lowest BCUT2D eigenvalue weighted by Crippen LogP contribution is -2.32. The molecule has 1 aromatic heterocycles. The van der Waals surface area contributed by atoms with E-state index < -0.39 is 4.92 Å². The second kappa shape index (κ2) is 9.30. The first-order valence-electron chi connectivity index (χ1n) is 9.32. The molecule has 146 valence electrons. The number of anilines is 1. The van der Waals surface area contributed by atoms with Crippen LogP contribution < -0.4 is 9.64 Å². The van der Waals surface area contributed by atoms with Gasteiger partial charge in [-0.15, -0.1) is 0 Å². The van der Waals surface area contributed by atoms with E-state index in [1.165, 1.54) is 11.9 Å². The first-order chi connectivity index (χ1) is 12.8. The minimum absolute atomic E-state index is 0.0354. The minimum atomic E-state index is -0.460. The van der Waals surface area contributed by atoms with E-state index in [1.54, 1.807) is 12.1 Å². The van der Waals surface area contributed by atoms with Crippen LogP contribution in [0.2, 0.25) is 0 Å². The fourth-order valence-corrected chi connectivity index (χ4v) is 2.85. The first kappa shape index (κ1) is 20.6. The monoisotopic (exact) mass is 372 g/mol. The Balaban J connectivity index is 2.43. The molecule has 0 amide bonds. The average Bonchev–Trinajstić information content (AvgIpc) is 2.60. The van der Waals surface area contributed by atoms with Crippen molar-refractivity contribution in [2.75, 3.05) is 18.0 Å². The van der Waals surface area contributed by atoms with Crippen LogP contribution in [0.4, 0.5) is 11.5 Å². The highest BCUT2D eigenvalue weighted by atomic mass is 16.6. The predicted molar refractivity (Wildman–Crippen MR) is 106 cm³/mol. The van der Waals surface area contributed by atoms with Crippen LogP contribution in [-0.2, 0) is 6.42 Å². The van der Waals surface area contributed by atoms with Crippen LogP contribution in [-0.4, -0.2) is 28.0 Å². The number of hydrogen-bond donors (Lipinski definition) is 0. The molecular weight excluding hydrogens is 344 g/mol. The third-order valence-electron chi connectivity index (χ3n) is 3.97. The van der Waals surface area contributed by atoms with E-state index in [2.05, 4.69) is 44.6 Å². The largest absolute Gasteiger partial charge is 0.434 e. The molecule has 0 spiro atoms. The number of hydrogen-bond acceptors (Lipinski definition) is 6. The molecule has 0 unspecified atom stereocenters. The van der Waals surface area contributed by atoms with E-state index in [0.29, 0.717) is 36.5 Å². The Morgan fingerprint density at radius 2 is 1.67 bits per heavy atom. The molecule has 7 heteroatoms. The molecule has 0 saturated heterocycles. The zero-order valence-electron chi connectivity index (χ0n) is 16.7. The summed E-state index contributed by atoms with van der Waals surface area (Å²) >= 11 is 0. The lowest BCUT2D eigenvalue weighted by atomic mass is 10.1. The van der Waals surface area contributed by atoms with E-state index >= 15 is 0 Å². The van der Waals surface area contributed by atoms with Crippen molar-refractivity contribution in [2.45, 2.75) is 41.0 Å². The molecule has 0 saturated carbocycles. The van der Waals surface area contributed by atoms with Gasteiger partial charge in [0.25, 0.3) is 0 Å². The van der Waals surface area contributed by atoms with Gasteiger partial charge in [-0.05, 0) is 36.0 Å². The molecule has 27 heavy (non-hydrogen) atoms. The summed E-state index contributed by atoms with van der Waals surface area (Å²) in [7, 11) is 0. The molecule has 0 fully saturated rings. The Bertz CT molecular complexity index is 750. The van der Waals surface area contributed by atoms with Crippen LogP contribution in [0.25, 0.3) is 0 Å². The van der Waals surface area contributed by atoms with Crippen LogP contribution in [0.1, 0.15) is 40.2 Å². The molecular formula is C20H28N4O3. The van der Waals surface area contributed by atoms with Crippen LogP contribution in [0.15, 0.2) is 30.6 Å². The molecule has 0 aliphatic carbocycles. The van der Waals surface area contributed by atoms with Crippen LogP contribution in [0, 0.1) is 22.0 Å². The standard InChI is InChI=1S/C20H28N4O3/c1-6-16-7-9-17(10-8-16)27-20-18(24(25)26)19(21-13-22-20)23(11-14(2)3)12-15(4)5/h7-10,13-15H,6,11-12H2,1-5H3. The summed E-state index contributed by atoms with van der Waals surface area (Å²) in [6.07, 6.45) is 2.24. The first-order valence-corrected chi connectivity index (χ1v) is 9.32. The molecule has 0 bridgehead atoms. The van der Waals surface area contributed by atoms with Crippen molar-refractivity contribution in [2.24, 2.45) is 11.8 Å². The van der Waals surface area contributed by atoms with Crippen molar-refractivity contribution in [1.82, 2.24) is 9.97 Å². The minimum Gasteiger partial charge on any atom is -0.434 e. The summed E-state index contributed by atoms with van der Waals surface area (Å²) in [6, 6.07) is 7.47. The second-order valence-corrected chi connectivity index (χ2v) is 7.40. The van der Waals surface area contributed by atoms with E-state index in [0.717, 1.165) is 6.42 Å². The van der Waals surface area contributed by atoms with Gasteiger partial charge in [-0.3, -0.25) is 10.1 Å². The molecule has 2 aromatic rings. The van der Waals surface area contributed by atoms with Crippen molar-refractivity contribution in [3.05, 3.63) is 46.3 Å². The second-order valence-electron chi connectivity index (χ2n) is 7.40. The molecule has 0 aliphatic heterocycles. The maximum Gasteiger partial charge on any atom is 0.373 e. The van der Waals surface area contributed by atoms with Gasteiger partial charge in [0.2, 0.25) is 5.82 Å². The number of aromatic nitrogens is 2. The lowest BCUT2D eigenvalue weighted by molar-refractivity contribution is -0.385. The molecule has 0 radical (unpaired) electrons. The summed E-state index contributed by atoms with van der Waals surface area (Å²) in [5, 5.41) is 11.8. The molecule has 0 N–H and O–H groups in total. The SMILES string of the molecule is CCc1ccc(Oc2ncnc(N(CC(C)C)CC(C)C)c2[N+](=O)[O-])cc1. The van der Waals surface area contributed by atoms with Crippen molar-refractivity contribution >= 4 is 11.5 Å². The third-order valence-corrected chi connectivity index (χ3v) is 3.97. The molecule has 0 atom stereocenters. The lowest BCUT2D eigenvalue weighted by Gasteiger charge is -2.27. The van der Waals surface area contributed by atoms with Gasteiger partial charge in [-0.1, -0.05) is 46.8 Å².